The van der Waals surface area contributed by atoms with Crippen molar-refractivity contribution < 1.29 is 9.59 Å². The summed E-state index contributed by atoms with van der Waals surface area (Å²) >= 11 is 0. The van der Waals surface area contributed by atoms with Gasteiger partial charge in [0.05, 0.1) is 6.20 Å². The highest BCUT2D eigenvalue weighted by molar-refractivity contribution is 6.03. The zero-order valence-electron chi connectivity index (χ0n) is 12.4. The van der Waals surface area contributed by atoms with E-state index in [9.17, 15) is 9.59 Å². The van der Waals surface area contributed by atoms with Gasteiger partial charge in [-0.2, -0.15) is 0 Å². The summed E-state index contributed by atoms with van der Waals surface area (Å²) in [7, 11) is 1.64. The number of hydrogen-bond acceptors (Lipinski definition) is 4. The van der Waals surface area contributed by atoms with Crippen molar-refractivity contribution in [2.75, 3.05) is 4.90 Å². The molecule has 2 atom stereocenters. The Labute approximate surface area is 127 Å². The fraction of sp³-hybridized carbons (Fsp3) is 0.333. The van der Waals surface area contributed by atoms with Gasteiger partial charge in [0.25, 0.3) is 5.91 Å². The molecule has 2 amide bonds. The van der Waals surface area contributed by atoms with Gasteiger partial charge in [-0.3, -0.25) is 9.59 Å². The average Bonchev–Trinajstić information content (AvgIpc) is 3.04. The summed E-state index contributed by atoms with van der Waals surface area (Å²) in [4.78, 5) is 26.5. The largest absolute Gasteiger partial charge is 0.339 e. The lowest BCUT2D eigenvalue weighted by molar-refractivity contribution is -0.118. The molecule has 7 heteroatoms. The van der Waals surface area contributed by atoms with Gasteiger partial charge in [-0.1, -0.05) is 23.4 Å². The highest BCUT2D eigenvalue weighted by Gasteiger charge is 2.39. The molecule has 1 saturated heterocycles. The highest BCUT2D eigenvalue weighted by Crippen LogP contribution is 2.26. The minimum atomic E-state index is -0.530. The maximum absolute atomic E-state index is 12.6. The van der Waals surface area contributed by atoms with E-state index in [0.29, 0.717) is 12.1 Å². The van der Waals surface area contributed by atoms with Crippen LogP contribution in [-0.2, 0) is 11.8 Å². The number of carbonyl (C=O) groups is 2. The highest BCUT2D eigenvalue weighted by atomic mass is 16.2. The summed E-state index contributed by atoms with van der Waals surface area (Å²) in [5.74, 6) is -0.435. The van der Waals surface area contributed by atoms with Gasteiger partial charge >= 0.3 is 0 Å². The molecular weight excluding hydrogens is 282 g/mol. The van der Waals surface area contributed by atoms with Crippen molar-refractivity contribution in [2.45, 2.75) is 25.4 Å². The van der Waals surface area contributed by atoms with Crippen molar-refractivity contribution in [2.24, 2.45) is 7.05 Å². The summed E-state index contributed by atoms with van der Waals surface area (Å²) in [5.41, 5.74) is 1.18. The Morgan fingerprint density at radius 3 is 2.68 bits per heavy atom. The van der Waals surface area contributed by atoms with E-state index in [0.717, 1.165) is 5.69 Å². The third-order valence-corrected chi connectivity index (χ3v) is 3.84. The normalized spacial score (nSPS) is 21.2. The summed E-state index contributed by atoms with van der Waals surface area (Å²) in [5, 5.41) is 10.2. The SMILES string of the molecule is C[C@H]1C[C@H](NC(=O)c2cnnn2C)C(=O)N1c1ccccc1. The third-order valence-electron chi connectivity index (χ3n) is 3.84. The molecule has 22 heavy (non-hydrogen) atoms. The molecule has 0 bridgehead atoms. The van der Waals surface area contributed by atoms with Gasteiger partial charge in [0, 0.05) is 18.8 Å². The first-order chi connectivity index (χ1) is 10.6. The molecule has 1 fully saturated rings. The van der Waals surface area contributed by atoms with Crippen LogP contribution in [0.5, 0.6) is 0 Å². The van der Waals surface area contributed by atoms with Crippen LogP contribution in [0.1, 0.15) is 23.8 Å². The van der Waals surface area contributed by atoms with E-state index in [-0.39, 0.29) is 17.9 Å². The Kier molecular flexibility index (Phi) is 3.62. The van der Waals surface area contributed by atoms with Crippen LogP contribution < -0.4 is 10.2 Å². The minimum absolute atomic E-state index is 0.0323. The van der Waals surface area contributed by atoms with Crippen LogP contribution in [0.4, 0.5) is 5.69 Å². The zero-order chi connectivity index (χ0) is 15.7. The monoisotopic (exact) mass is 299 g/mol. The number of nitrogens with one attached hydrogen (secondary N) is 1. The molecule has 114 valence electrons. The smallest absolute Gasteiger partial charge is 0.271 e. The number of anilines is 1. The number of rotatable bonds is 3. The first kappa shape index (κ1) is 14.2. The van der Waals surface area contributed by atoms with Crippen molar-refractivity contribution in [1.82, 2.24) is 20.3 Å². The molecule has 2 heterocycles. The molecule has 0 unspecified atom stereocenters. The number of aromatic nitrogens is 3. The molecule has 0 saturated carbocycles. The second-order valence-corrected chi connectivity index (χ2v) is 5.40. The first-order valence-electron chi connectivity index (χ1n) is 7.11. The van der Waals surface area contributed by atoms with Crippen molar-refractivity contribution in [1.29, 1.82) is 0 Å². The molecule has 1 aliphatic rings. The number of carbonyl (C=O) groups excluding carboxylic acids is 2. The van der Waals surface area contributed by atoms with Gasteiger partial charge in [-0.25, -0.2) is 4.68 Å². The van der Waals surface area contributed by atoms with Crippen molar-refractivity contribution >= 4 is 17.5 Å². The lowest BCUT2D eigenvalue weighted by atomic mass is 10.2. The summed E-state index contributed by atoms with van der Waals surface area (Å²) in [6.45, 7) is 1.97. The van der Waals surface area contributed by atoms with Crippen LogP contribution in [0.25, 0.3) is 0 Å². The predicted molar refractivity (Wildman–Crippen MR) is 80.3 cm³/mol. The van der Waals surface area contributed by atoms with E-state index in [1.165, 1.54) is 10.9 Å². The second kappa shape index (κ2) is 5.59. The maximum Gasteiger partial charge on any atom is 0.271 e. The lowest BCUT2D eigenvalue weighted by Crippen LogP contribution is -2.42. The van der Waals surface area contributed by atoms with Crippen LogP contribution in [0, 0.1) is 0 Å². The van der Waals surface area contributed by atoms with E-state index in [1.54, 1.807) is 11.9 Å². The third kappa shape index (κ3) is 2.45. The van der Waals surface area contributed by atoms with Crippen LogP contribution in [0.15, 0.2) is 36.5 Å². The van der Waals surface area contributed by atoms with E-state index >= 15 is 0 Å². The average molecular weight is 299 g/mol. The number of benzene rings is 1. The first-order valence-corrected chi connectivity index (χ1v) is 7.11. The summed E-state index contributed by atoms with van der Waals surface area (Å²) in [6.07, 6.45) is 1.96. The number of aryl methyl sites for hydroxylation is 1. The Morgan fingerprint density at radius 1 is 1.32 bits per heavy atom. The van der Waals surface area contributed by atoms with Gasteiger partial charge in [-0.05, 0) is 25.5 Å². The quantitative estimate of drug-likeness (QED) is 0.906. The Bertz CT molecular complexity index is 697. The number of hydrogen-bond donors (Lipinski definition) is 1. The molecule has 3 rings (SSSR count). The summed E-state index contributed by atoms with van der Waals surface area (Å²) in [6, 6.07) is 8.98. The molecule has 0 radical (unpaired) electrons. The Morgan fingerprint density at radius 2 is 2.05 bits per heavy atom. The fourth-order valence-electron chi connectivity index (χ4n) is 2.75. The zero-order valence-corrected chi connectivity index (χ0v) is 12.4. The Hall–Kier alpha value is -2.70. The molecule has 1 aromatic heterocycles. The number of amides is 2. The summed E-state index contributed by atoms with van der Waals surface area (Å²) < 4.78 is 1.38. The molecule has 1 aromatic carbocycles. The van der Waals surface area contributed by atoms with Crippen LogP contribution in [-0.4, -0.2) is 38.9 Å². The van der Waals surface area contributed by atoms with Crippen molar-refractivity contribution in [3.63, 3.8) is 0 Å². The molecule has 0 aliphatic carbocycles. The van der Waals surface area contributed by atoms with E-state index in [1.807, 2.05) is 37.3 Å². The van der Waals surface area contributed by atoms with Crippen molar-refractivity contribution in [3.05, 3.63) is 42.2 Å². The van der Waals surface area contributed by atoms with Crippen molar-refractivity contribution in [3.8, 4) is 0 Å². The van der Waals surface area contributed by atoms with Gasteiger partial charge < -0.3 is 10.2 Å². The van der Waals surface area contributed by atoms with Crippen LogP contribution >= 0.6 is 0 Å². The molecule has 2 aromatic rings. The topological polar surface area (TPSA) is 80.1 Å². The molecule has 1 N–H and O–H groups in total. The van der Waals surface area contributed by atoms with Gasteiger partial charge in [0.2, 0.25) is 5.91 Å². The van der Waals surface area contributed by atoms with Crippen LogP contribution in [0.2, 0.25) is 0 Å². The van der Waals surface area contributed by atoms with E-state index in [4.69, 9.17) is 0 Å². The van der Waals surface area contributed by atoms with Crippen LogP contribution in [0.3, 0.4) is 0 Å². The second-order valence-electron chi connectivity index (χ2n) is 5.40. The molecule has 7 nitrogen and oxygen atoms in total. The minimum Gasteiger partial charge on any atom is -0.339 e. The molecule has 0 spiro atoms. The molecule has 1 aliphatic heterocycles. The lowest BCUT2D eigenvalue weighted by Gasteiger charge is -2.21. The van der Waals surface area contributed by atoms with E-state index in [2.05, 4.69) is 15.6 Å². The standard InChI is InChI=1S/C15H17N5O2/c1-10-8-12(17-14(21)13-9-16-18-19(13)2)15(22)20(10)11-6-4-3-5-7-11/h3-7,9-10,12H,8H2,1-2H3,(H,17,21)/t10-,12-/m0/s1. The maximum atomic E-state index is 12.6. The molecular formula is C15H17N5O2. The van der Waals surface area contributed by atoms with Gasteiger partial charge in [-0.15, -0.1) is 5.10 Å². The van der Waals surface area contributed by atoms with E-state index < -0.39 is 6.04 Å². The Balaban J connectivity index is 1.76. The number of nitrogens with zero attached hydrogens (tertiary/aromatic N) is 4. The van der Waals surface area contributed by atoms with Gasteiger partial charge in [0.15, 0.2) is 0 Å². The predicted octanol–water partition coefficient (Wildman–Crippen LogP) is 0.739. The number of para-hydroxylation sites is 1. The van der Waals surface area contributed by atoms with Gasteiger partial charge in [0.1, 0.15) is 11.7 Å². The fourth-order valence-corrected chi connectivity index (χ4v) is 2.75.